The molecule has 21 heavy (non-hydrogen) atoms. The van der Waals surface area contributed by atoms with E-state index in [1.165, 1.54) is 11.3 Å². The molecule has 1 unspecified atom stereocenters. The Balaban J connectivity index is 2.08. The molecule has 1 atom stereocenters. The standard InChI is InChI=1S/C17H24N2O2/c1-4-19-16(8-13(2)18-19)10-15(12-20)9-14-6-5-7-17(11-14)21-3/h5-8,11,15,20H,4,9-10,12H2,1-3H3. The number of hydrogen-bond donors (Lipinski definition) is 1. The van der Waals surface area contributed by atoms with Crippen molar-refractivity contribution in [2.75, 3.05) is 13.7 Å². The number of ether oxygens (including phenoxy) is 1. The third-order valence-electron chi connectivity index (χ3n) is 3.70. The molecule has 0 aliphatic heterocycles. The van der Waals surface area contributed by atoms with Gasteiger partial charge in [0.05, 0.1) is 12.8 Å². The largest absolute Gasteiger partial charge is 0.497 e. The van der Waals surface area contributed by atoms with Gasteiger partial charge < -0.3 is 9.84 Å². The third kappa shape index (κ3) is 4.08. The summed E-state index contributed by atoms with van der Waals surface area (Å²) >= 11 is 0. The highest BCUT2D eigenvalue weighted by Gasteiger charge is 2.14. The highest BCUT2D eigenvalue weighted by molar-refractivity contribution is 5.28. The number of nitrogens with zero attached hydrogens (tertiary/aromatic N) is 2. The number of aromatic nitrogens is 2. The summed E-state index contributed by atoms with van der Waals surface area (Å²) in [6.45, 7) is 5.13. The van der Waals surface area contributed by atoms with Gasteiger partial charge in [-0.3, -0.25) is 4.68 Å². The third-order valence-corrected chi connectivity index (χ3v) is 3.70. The van der Waals surface area contributed by atoms with Crippen molar-refractivity contribution >= 4 is 0 Å². The molecule has 0 aliphatic carbocycles. The van der Waals surface area contributed by atoms with E-state index in [4.69, 9.17) is 4.74 Å². The lowest BCUT2D eigenvalue weighted by Gasteiger charge is -2.15. The molecule has 114 valence electrons. The lowest BCUT2D eigenvalue weighted by atomic mass is 9.95. The molecule has 4 heteroatoms. The van der Waals surface area contributed by atoms with Crippen molar-refractivity contribution in [3.05, 3.63) is 47.3 Å². The fourth-order valence-corrected chi connectivity index (χ4v) is 2.67. The van der Waals surface area contributed by atoms with Crippen molar-refractivity contribution < 1.29 is 9.84 Å². The smallest absolute Gasteiger partial charge is 0.119 e. The van der Waals surface area contributed by atoms with Gasteiger partial charge >= 0.3 is 0 Å². The van der Waals surface area contributed by atoms with Crippen LogP contribution in [0.2, 0.25) is 0 Å². The molecule has 0 radical (unpaired) electrons. The Kier molecular flexibility index (Phi) is 5.39. The summed E-state index contributed by atoms with van der Waals surface area (Å²) in [5.41, 5.74) is 3.41. The lowest BCUT2D eigenvalue weighted by Crippen LogP contribution is -2.16. The molecule has 0 aliphatic rings. The van der Waals surface area contributed by atoms with Crippen LogP contribution >= 0.6 is 0 Å². The number of methoxy groups -OCH3 is 1. The number of benzene rings is 1. The van der Waals surface area contributed by atoms with Gasteiger partial charge in [0, 0.05) is 18.8 Å². The van der Waals surface area contributed by atoms with Crippen LogP contribution in [0.4, 0.5) is 0 Å². The number of aliphatic hydroxyl groups excluding tert-OH is 1. The zero-order chi connectivity index (χ0) is 15.2. The molecule has 4 nitrogen and oxygen atoms in total. The fraction of sp³-hybridized carbons (Fsp3) is 0.471. The van der Waals surface area contributed by atoms with Crippen molar-refractivity contribution in [2.24, 2.45) is 5.92 Å². The van der Waals surface area contributed by atoms with Crippen molar-refractivity contribution in [1.29, 1.82) is 0 Å². The Morgan fingerprint density at radius 3 is 2.76 bits per heavy atom. The van der Waals surface area contributed by atoms with Crippen LogP contribution in [-0.4, -0.2) is 28.6 Å². The summed E-state index contributed by atoms with van der Waals surface area (Å²) in [6, 6.07) is 10.1. The summed E-state index contributed by atoms with van der Waals surface area (Å²) in [5, 5.41) is 14.2. The first-order valence-corrected chi connectivity index (χ1v) is 7.43. The van der Waals surface area contributed by atoms with Gasteiger partial charge in [-0.2, -0.15) is 5.10 Å². The maximum Gasteiger partial charge on any atom is 0.119 e. The topological polar surface area (TPSA) is 47.3 Å². The minimum Gasteiger partial charge on any atom is -0.497 e. The average molecular weight is 288 g/mol. The minimum absolute atomic E-state index is 0.172. The van der Waals surface area contributed by atoms with E-state index >= 15 is 0 Å². The van der Waals surface area contributed by atoms with Crippen LogP contribution in [0.3, 0.4) is 0 Å². The predicted molar refractivity (Wildman–Crippen MR) is 83.6 cm³/mol. The summed E-state index contributed by atoms with van der Waals surface area (Å²) < 4.78 is 7.27. The van der Waals surface area contributed by atoms with Crippen LogP contribution in [0, 0.1) is 12.8 Å². The zero-order valence-electron chi connectivity index (χ0n) is 13.0. The van der Waals surface area contributed by atoms with Gasteiger partial charge in [-0.15, -0.1) is 0 Å². The summed E-state index contributed by atoms with van der Waals surface area (Å²) in [7, 11) is 1.67. The Hall–Kier alpha value is -1.81. The second kappa shape index (κ2) is 7.27. The van der Waals surface area contributed by atoms with Gasteiger partial charge in [0.2, 0.25) is 0 Å². The number of rotatable bonds is 7. The first-order valence-electron chi connectivity index (χ1n) is 7.43. The lowest BCUT2D eigenvalue weighted by molar-refractivity contribution is 0.222. The maximum atomic E-state index is 9.68. The van der Waals surface area contributed by atoms with Gasteiger partial charge in [-0.05, 0) is 56.4 Å². The maximum absolute atomic E-state index is 9.68. The van der Waals surface area contributed by atoms with Crippen molar-refractivity contribution in [1.82, 2.24) is 9.78 Å². The molecule has 1 N–H and O–H groups in total. The summed E-state index contributed by atoms with van der Waals surface area (Å²) in [6.07, 6.45) is 1.67. The molecule has 1 aromatic carbocycles. The number of aryl methyl sites for hydroxylation is 2. The van der Waals surface area contributed by atoms with Crippen LogP contribution in [0.5, 0.6) is 5.75 Å². The Labute approximate surface area is 126 Å². The van der Waals surface area contributed by atoms with E-state index in [1.807, 2.05) is 29.8 Å². The SMILES string of the molecule is CCn1nc(C)cc1CC(CO)Cc1cccc(OC)c1. The number of hydrogen-bond acceptors (Lipinski definition) is 3. The average Bonchev–Trinajstić information content (AvgIpc) is 2.86. The predicted octanol–water partition coefficient (Wildman–Crippen LogP) is 2.61. The molecular formula is C17H24N2O2. The van der Waals surface area contributed by atoms with Crippen LogP contribution in [-0.2, 0) is 19.4 Å². The van der Waals surface area contributed by atoms with E-state index in [2.05, 4.69) is 24.2 Å². The van der Waals surface area contributed by atoms with Gasteiger partial charge in [0.25, 0.3) is 0 Å². The normalized spacial score (nSPS) is 12.4. The molecule has 1 heterocycles. The molecule has 0 spiro atoms. The molecule has 0 fully saturated rings. The van der Waals surface area contributed by atoms with Crippen molar-refractivity contribution in [3.63, 3.8) is 0 Å². The highest BCUT2D eigenvalue weighted by atomic mass is 16.5. The Morgan fingerprint density at radius 2 is 2.10 bits per heavy atom. The monoisotopic (exact) mass is 288 g/mol. The number of aliphatic hydroxyl groups is 1. The van der Waals surface area contributed by atoms with E-state index in [-0.39, 0.29) is 12.5 Å². The van der Waals surface area contributed by atoms with Gasteiger partial charge in [0.15, 0.2) is 0 Å². The van der Waals surface area contributed by atoms with Gasteiger partial charge in [-0.1, -0.05) is 12.1 Å². The quantitative estimate of drug-likeness (QED) is 0.852. The Bertz CT molecular complexity index is 578. The van der Waals surface area contributed by atoms with Gasteiger partial charge in [-0.25, -0.2) is 0 Å². The molecule has 1 aromatic heterocycles. The second-order valence-electron chi connectivity index (χ2n) is 5.40. The summed E-state index contributed by atoms with van der Waals surface area (Å²) in [4.78, 5) is 0. The van der Waals surface area contributed by atoms with Crippen LogP contribution < -0.4 is 4.74 Å². The van der Waals surface area contributed by atoms with E-state index < -0.39 is 0 Å². The van der Waals surface area contributed by atoms with Crippen molar-refractivity contribution in [2.45, 2.75) is 33.2 Å². The molecular weight excluding hydrogens is 264 g/mol. The zero-order valence-corrected chi connectivity index (χ0v) is 13.0. The molecule has 0 amide bonds. The van der Waals surface area contributed by atoms with Crippen LogP contribution in [0.15, 0.2) is 30.3 Å². The van der Waals surface area contributed by atoms with Crippen molar-refractivity contribution in [3.8, 4) is 5.75 Å². The van der Waals surface area contributed by atoms with Crippen LogP contribution in [0.1, 0.15) is 23.9 Å². The first kappa shape index (κ1) is 15.6. The molecule has 0 saturated carbocycles. The molecule has 2 aromatic rings. The molecule has 0 saturated heterocycles. The highest BCUT2D eigenvalue weighted by Crippen LogP contribution is 2.19. The summed E-state index contributed by atoms with van der Waals surface area (Å²) in [5.74, 6) is 1.05. The van der Waals surface area contributed by atoms with Crippen LogP contribution in [0.25, 0.3) is 0 Å². The Morgan fingerprint density at radius 1 is 1.29 bits per heavy atom. The van der Waals surface area contributed by atoms with E-state index in [1.54, 1.807) is 7.11 Å². The van der Waals surface area contributed by atoms with E-state index in [0.29, 0.717) is 0 Å². The molecule has 2 rings (SSSR count). The first-order chi connectivity index (χ1) is 10.2. The minimum atomic E-state index is 0.172. The molecule has 0 bridgehead atoms. The second-order valence-corrected chi connectivity index (χ2v) is 5.40. The fourth-order valence-electron chi connectivity index (χ4n) is 2.67. The van der Waals surface area contributed by atoms with E-state index in [0.717, 1.165) is 30.8 Å². The van der Waals surface area contributed by atoms with E-state index in [9.17, 15) is 5.11 Å². The van der Waals surface area contributed by atoms with Gasteiger partial charge in [0.1, 0.15) is 5.75 Å².